The summed E-state index contributed by atoms with van der Waals surface area (Å²) in [5, 5.41) is 0. The first-order chi connectivity index (χ1) is 5.90. The van der Waals surface area contributed by atoms with Gasteiger partial charge in [-0.15, -0.1) is 0 Å². The fourth-order valence-electron chi connectivity index (χ4n) is 1.87. The molecule has 1 aliphatic rings. The summed E-state index contributed by atoms with van der Waals surface area (Å²) < 4.78 is 6.12. The van der Waals surface area contributed by atoms with E-state index in [1.165, 1.54) is 30.6 Å². The van der Waals surface area contributed by atoms with E-state index in [0.717, 1.165) is 0 Å². The molecule has 1 atom stereocenters. The van der Waals surface area contributed by atoms with Crippen LogP contribution in [0.1, 0.15) is 33.1 Å². The van der Waals surface area contributed by atoms with Crippen LogP contribution < -0.4 is 0 Å². The Morgan fingerprint density at radius 3 is 2.38 bits per heavy atom. The zero-order valence-corrected chi connectivity index (χ0v) is 10.6. The van der Waals surface area contributed by atoms with Gasteiger partial charge in [0, 0.05) is 5.92 Å². The average molecular weight is 198 g/mol. The molecule has 1 nitrogen and oxygen atoms in total. The van der Waals surface area contributed by atoms with Gasteiger partial charge in [-0.2, -0.15) is 0 Å². The summed E-state index contributed by atoms with van der Waals surface area (Å²) in [6.07, 6.45) is 3.88. The van der Waals surface area contributed by atoms with Crippen LogP contribution in [0.3, 0.4) is 0 Å². The summed E-state index contributed by atoms with van der Waals surface area (Å²) in [5.41, 5.74) is 1.49. The van der Waals surface area contributed by atoms with Crippen LogP contribution in [0.25, 0.3) is 0 Å². The van der Waals surface area contributed by atoms with Crippen LogP contribution in [0, 0.1) is 5.92 Å². The molecular weight excluding hydrogens is 176 g/mol. The van der Waals surface area contributed by atoms with Crippen molar-refractivity contribution in [3.8, 4) is 0 Å². The van der Waals surface area contributed by atoms with Gasteiger partial charge in [-0.3, -0.25) is 0 Å². The highest BCUT2D eigenvalue weighted by atomic mass is 28.4. The van der Waals surface area contributed by atoms with E-state index in [1.54, 1.807) is 0 Å². The second kappa shape index (κ2) is 3.87. The first-order valence-electron chi connectivity index (χ1n) is 5.29. The fourth-order valence-corrected chi connectivity index (χ4v) is 2.90. The summed E-state index contributed by atoms with van der Waals surface area (Å²) >= 11 is 0. The third-order valence-electron chi connectivity index (χ3n) is 2.47. The monoisotopic (exact) mass is 198 g/mol. The van der Waals surface area contributed by atoms with Gasteiger partial charge in [0.1, 0.15) is 0 Å². The zero-order valence-electron chi connectivity index (χ0n) is 9.61. The lowest BCUT2D eigenvalue weighted by molar-refractivity contribution is 0.315. The molecule has 76 valence electrons. The smallest absolute Gasteiger partial charge is 0.241 e. The molecular formula is C11H22OSi. The van der Waals surface area contributed by atoms with Crippen molar-refractivity contribution in [1.29, 1.82) is 0 Å². The Morgan fingerprint density at radius 2 is 1.92 bits per heavy atom. The predicted molar refractivity (Wildman–Crippen MR) is 60.1 cm³/mol. The van der Waals surface area contributed by atoms with Crippen molar-refractivity contribution in [2.45, 2.75) is 52.8 Å². The Kier molecular flexibility index (Phi) is 3.22. The quantitative estimate of drug-likeness (QED) is 0.611. The lowest BCUT2D eigenvalue weighted by Gasteiger charge is -2.30. The molecule has 0 bridgehead atoms. The molecule has 0 saturated carbocycles. The predicted octanol–water partition coefficient (Wildman–Crippen LogP) is 3.93. The standard InChI is InChI=1S/C11H22OSi/c1-9-7-6-8-10(2)11(9)12-13(3,4)5/h9H,6-8H2,1-5H3/t9-/m0/s1. The Hall–Kier alpha value is -0.243. The van der Waals surface area contributed by atoms with Crippen molar-refractivity contribution in [2.24, 2.45) is 5.92 Å². The Balaban J connectivity index is 2.75. The van der Waals surface area contributed by atoms with Crippen molar-refractivity contribution in [3.63, 3.8) is 0 Å². The second-order valence-electron chi connectivity index (χ2n) is 5.15. The van der Waals surface area contributed by atoms with Crippen LogP contribution in [0.5, 0.6) is 0 Å². The topological polar surface area (TPSA) is 9.23 Å². The molecule has 1 rings (SSSR count). The van der Waals surface area contributed by atoms with E-state index in [2.05, 4.69) is 33.5 Å². The van der Waals surface area contributed by atoms with Crippen molar-refractivity contribution in [3.05, 3.63) is 11.3 Å². The van der Waals surface area contributed by atoms with Crippen LogP contribution in [-0.2, 0) is 4.43 Å². The third kappa shape index (κ3) is 3.18. The van der Waals surface area contributed by atoms with E-state index in [9.17, 15) is 0 Å². The maximum absolute atomic E-state index is 6.12. The molecule has 2 heteroatoms. The van der Waals surface area contributed by atoms with E-state index < -0.39 is 8.32 Å². The maximum Gasteiger partial charge on any atom is 0.241 e. The van der Waals surface area contributed by atoms with Crippen LogP contribution >= 0.6 is 0 Å². The average Bonchev–Trinajstić information content (AvgIpc) is 1.95. The fraction of sp³-hybridized carbons (Fsp3) is 0.818. The van der Waals surface area contributed by atoms with Gasteiger partial charge in [0.25, 0.3) is 0 Å². The van der Waals surface area contributed by atoms with E-state index in [0.29, 0.717) is 5.92 Å². The zero-order chi connectivity index (χ0) is 10.1. The van der Waals surface area contributed by atoms with Gasteiger partial charge >= 0.3 is 0 Å². The molecule has 0 heterocycles. The number of rotatable bonds is 2. The highest BCUT2D eigenvalue weighted by Crippen LogP contribution is 2.32. The van der Waals surface area contributed by atoms with Gasteiger partial charge in [-0.05, 0) is 51.4 Å². The second-order valence-corrected chi connectivity index (χ2v) is 9.58. The molecule has 1 aliphatic carbocycles. The summed E-state index contributed by atoms with van der Waals surface area (Å²) in [4.78, 5) is 0. The molecule has 0 spiro atoms. The van der Waals surface area contributed by atoms with Crippen molar-refractivity contribution < 1.29 is 4.43 Å². The molecule has 0 aromatic rings. The Morgan fingerprint density at radius 1 is 1.31 bits per heavy atom. The largest absolute Gasteiger partial charge is 0.547 e. The van der Waals surface area contributed by atoms with Crippen molar-refractivity contribution >= 4 is 8.32 Å². The number of hydrogen-bond acceptors (Lipinski definition) is 1. The minimum Gasteiger partial charge on any atom is -0.547 e. The van der Waals surface area contributed by atoms with Crippen LogP contribution in [0.15, 0.2) is 11.3 Å². The first-order valence-corrected chi connectivity index (χ1v) is 8.69. The molecule has 13 heavy (non-hydrogen) atoms. The van der Waals surface area contributed by atoms with Gasteiger partial charge in [0.2, 0.25) is 8.32 Å². The molecule has 0 N–H and O–H groups in total. The Bertz CT molecular complexity index is 213. The highest BCUT2D eigenvalue weighted by Gasteiger charge is 2.24. The lowest BCUT2D eigenvalue weighted by atomic mass is 9.91. The summed E-state index contributed by atoms with van der Waals surface area (Å²) in [6.45, 7) is 11.3. The Labute approximate surface area is 83.3 Å². The summed E-state index contributed by atoms with van der Waals surface area (Å²) in [5.74, 6) is 1.96. The summed E-state index contributed by atoms with van der Waals surface area (Å²) in [6, 6.07) is 0. The highest BCUT2D eigenvalue weighted by molar-refractivity contribution is 6.70. The normalized spacial score (nSPS) is 24.8. The first kappa shape index (κ1) is 10.8. The SMILES string of the molecule is CC1=C(O[Si](C)(C)C)[C@@H](C)CCC1. The minimum absolute atomic E-state index is 0.653. The molecule has 0 aliphatic heterocycles. The van der Waals surface area contributed by atoms with E-state index in [-0.39, 0.29) is 0 Å². The van der Waals surface area contributed by atoms with E-state index >= 15 is 0 Å². The van der Waals surface area contributed by atoms with E-state index in [4.69, 9.17) is 4.43 Å². The van der Waals surface area contributed by atoms with Gasteiger partial charge in [-0.1, -0.05) is 6.92 Å². The van der Waals surface area contributed by atoms with Crippen molar-refractivity contribution in [1.82, 2.24) is 0 Å². The van der Waals surface area contributed by atoms with Crippen molar-refractivity contribution in [2.75, 3.05) is 0 Å². The lowest BCUT2D eigenvalue weighted by Crippen LogP contribution is -2.28. The molecule has 0 unspecified atom stereocenters. The molecule has 0 fully saturated rings. The van der Waals surface area contributed by atoms with E-state index in [1.807, 2.05) is 0 Å². The van der Waals surface area contributed by atoms with Gasteiger partial charge in [0.05, 0.1) is 5.76 Å². The summed E-state index contributed by atoms with van der Waals surface area (Å²) in [7, 11) is -1.39. The molecule has 0 aromatic heterocycles. The molecule has 0 saturated heterocycles. The number of allylic oxidation sites excluding steroid dienone is 2. The number of hydrogen-bond donors (Lipinski definition) is 0. The van der Waals surface area contributed by atoms with Crippen LogP contribution in [-0.4, -0.2) is 8.32 Å². The van der Waals surface area contributed by atoms with Gasteiger partial charge in [0.15, 0.2) is 0 Å². The van der Waals surface area contributed by atoms with Crippen LogP contribution in [0.2, 0.25) is 19.6 Å². The third-order valence-corrected chi connectivity index (χ3v) is 3.31. The molecule has 0 aromatic carbocycles. The molecule has 0 amide bonds. The van der Waals surface area contributed by atoms with Crippen LogP contribution in [0.4, 0.5) is 0 Å². The minimum atomic E-state index is -1.39. The van der Waals surface area contributed by atoms with Gasteiger partial charge in [-0.25, -0.2) is 0 Å². The maximum atomic E-state index is 6.12. The van der Waals surface area contributed by atoms with Gasteiger partial charge < -0.3 is 4.43 Å². The molecule has 0 radical (unpaired) electrons.